The van der Waals surface area contributed by atoms with Crippen LogP contribution in [0.2, 0.25) is 0 Å². The van der Waals surface area contributed by atoms with Crippen molar-refractivity contribution < 1.29 is 18.4 Å². The van der Waals surface area contributed by atoms with Crippen molar-refractivity contribution in [2.24, 2.45) is 0 Å². The molecule has 4 heterocycles. The van der Waals surface area contributed by atoms with Crippen LogP contribution in [0.25, 0.3) is 22.2 Å². The molecule has 4 aromatic heterocycles. The van der Waals surface area contributed by atoms with Crippen molar-refractivity contribution in [3.8, 4) is 5.75 Å². The quantitative estimate of drug-likeness (QED) is 0.189. The summed E-state index contributed by atoms with van der Waals surface area (Å²) >= 11 is 0. The van der Waals surface area contributed by atoms with E-state index in [1.54, 1.807) is 19.2 Å². The summed E-state index contributed by atoms with van der Waals surface area (Å²) in [6.45, 7) is 0.199. The van der Waals surface area contributed by atoms with E-state index in [1.165, 1.54) is 6.07 Å². The molecule has 0 radical (unpaired) electrons. The molecule has 0 fully saturated rings. The van der Waals surface area contributed by atoms with Gasteiger partial charge < -0.3 is 18.9 Å². The Morgan fingerprint density at radius 1 is 0.816 bits per heavy atom. The average molecular weight is 523 g/mol. The summed E-state index contributed by atoms with van der Waals surface area (Å²) in [4.78, 5) is 86.9. The van der Waals surface area contributed by atoms with Crippen molar-refractivity contribution in [2.75, 3.05) is 12.4 Å². The number of aromatic nitrogens is 4. The fraction of sp³-hybridized carbons (Fsp3) is 0.0870. The first-order valence-corrected chi connectivity index (χ1v) is 10.6. The van der Waals surface area contributed by atoms with E-state index in [2.05, 4.69) is 24.7 Å². The average Bonchev–Trinajstić information content (AvgIpc) is 2.86. The van der Waals surface area contributed by atoms with Crippen LogP contribution in [-0.4, -0.2) is 33.3 Å². The molecule has 0 aliphatic carbocycles. The van der Waals surface area contributed by atoms with Crippen LogP contribution >= 0.6 is 0 Å². The Morgan fingerprint density at radius 3 is 2.05 bits per heavy atom. The number of ether oxygens (including phenoxy) is 1. The Kier molecular flexibility index (Phi) is 7.00. The highest BCUT2D eigenvalue weighted by molar-refractivity contribution is 5.93. The Bertz CT molecular complexity index is 2020. The van der Waals surface area contributed by atoms with Crippen LogP contribution < -0.4 is 43.8 Å². The van der Waals surface area contributed by atoms with Crippen molar-refractivity contribution in [2.45, 2.75) is 6.54 Å². The van der Waals surface area contributed by atoms with Crippen LogP contribution in [0.1, 0.15) is 15.9 Å². The van der Waals surface area contributed by atoms with Gasteiger partial charge in [-0.25, -0.2) is 19.2 Å². The number of hydrogen-bond acceptors (Lipinski definition) is 11. The fourth-order valence-corrected chi connectivity index (χ4v) is 3.47. The third-order valence-corrected chi connectivity index (χ3v) is 5.08. The predicted molar refractivity (Wildman–Crippen MR) is 133 cm³/mol. The molecule has 0 aliphatic rings. The van der Waals surface area contributed by atoms with E-state index < -0.39 is 33.7 Å². The van der Waals surface area contributed by atoms with Crippen LogP contribution in [0.3, 0.4) is 0 Å². The second kappa shape index (κ2) is 10.5. The van der Waals surface area contributed by atoms with Gasteiger partial charge in [-0.2, -0.15) is 0 Å². The molecule has 5 aromatic rings. The SMILES string of the molecule is COc1cccc(NCc2cc(=O)oc3[nH]c(=O)[nH]c(=O)c23)c1.O=Cc1cc(=O)oc2[nH]c(=O)[nH]c(=O)c12. The van der Waals surface area contributed by atoms with Gasteiger partial charge in [-0.1, -0.05) is 6.07 Å². The number of rotatable bonds is 5. The van der Waals surface area contributed by atoms with Crippen molar-refractivity contribution in [3.05, 3.63) is 110 Å². The minimum atomic E-state index is -0.814. The molecule has 38 heavy (non-hydrogen) atoms. The molecule has 0 aliphatic heterocycles. The molecule has 15 heteroatoms. The zero-order valence-corrected chi connectivity index (χ0v) is 19.3. The number of nitrogens with one attached hydrogen (secondary N) is 5. The number of anilines is 1. The maximum Gasteiger partial charge on any atom is 0.338 e. The van der Waals surface area contributed by atoms with Crippen LogP contribution in [0, 0.1) is 0 Å². The van der Waals surface area contributed by atoms with Gasteiger partial charge >= 0.3 is 22.6 Å². The van der Waals surface area contributed by atoms with Crippen molar-refractivity contribution >= 4 is 34.2 Å². The maximum absolute atomic E-state index is 12.0. The lowest BCUT2D eigenvalue weighted by Gasteiger charge is -2.09. The summed E-state index contributed by atoms with van der Waals surface area (Å²) in [6.07, 6.45) is 0.340. The third-order valence-electron chi connectivity index (χ3n) is 5.08. The molecule has 0 saturated heterocycles. The highest BCUT2D eigenvalue weighted by atomic mass is 16.5. The second-order valence-electron chi connectivity index (χ2n) is 7.54. The number of carbonyl (C=O) groups is 1. The van der Waals surface area contributed by atoms with Gasteiger partial charge in [0.1, 0.15) is 16.5 Å². The van der Waals surface area contributed by atoms with Crippen molar-refractivity contribution in [1.82, 2.24) is 19.9 Å². The first-order valence-electron chi connectivity index (χ1n) is 10.6. The van der Waals surface area contributed by atoms with E-state index >= 15 is 0 Å². The first kappa shape index (κ1) is 25.4. The fourth-order valence-electron chi connectivity index (χ4n) is 3.47. The van der Waals surface area contributed by atoms with E-state index in [9.17, 15) is 33.6 Å². The van der Waals surface area contributed by atoms with E-state index in [4.69, 9.17) is 9.15 Å². The van der Waals surface area contributed by atoms with Crippen molar-refractivity contribution in [3.63, 3.8) is 0 Å². The Hall–Kier alpha value is -5.73. The van der Waals surface area contributed by atoms with Crippen LogP contribution in [0.4, 0.5) is 5.69 Å². The number of aromatic amines is 4. The standard InChI is InChI=1S/C15H13N3O5.C8H4N2O5/c1-22-10-4-2-3-9(6-10)16-7-8-5-11(19)23-14-12(8)13(20)17-15(21)18-14;11-2-3-1-4(12)15-7-5(3)6(13)9-8(14)10-7/h2-6,16H,7H2,1H3,(H2,17,18,20,21);1-2H,(H2,9,10,13,14). The lowest BCUT2D eigenvalue weighted by atomic mass is 10.2. The normalized spacial score (nSPS) is 10.6. The van der Waals surface area contributed by atoms with Gasteiger partial charge in [0, 0.05) is 36.0 Å². The second-order valence-corrected chi connectivity index (χ2v) is 7.54. The predicted octanol–water partition coefficient (Wildman–Crippen LogP) is -0.228. The van der Waals surface area contributed by atoms with E-state index in [0.29, 0.717) is 17.6 Å². The van der Waals surface area contributed by atoms with Gasteiger partial charge in [0.25, 0.3) is 11.1 Å². The topological polar surface area (TPSA) is 230 Å². The minimum Gasteiger partial charge on any atom is -0.497 e. The molecule has 0 spiro atoms. The van der Waals surface area contributed by atoms with Gasteiger partial charge in [0.05, 0.1) is 7.11 Å². The lowest BCUT2D eigenvalue weighted by Crippen LogP contribution is -2.24. The smallest absolute Gasteiger partial charge is 0.338 e. The zero-order chi connectivity index (χ0) is 27.4. The molecule has 5 N–H and O–H groups in total. The van der Waals surface area contributed by atoms with Gasteiger partial charge in [-0.15, -0.1) is 0 Å². The summed E-state index contributed by atoms with van der Waals surface area (Å²) < 4.78 is 14.6. The summed E-state index contributed by atoms with van der Waals surface area (Å²) in [7, 11) is 1.56. The summed E-state index contributed by atoms with van der Waals surface area (Å²) in [5, 5.41) is 3.07. The third kappa shape index (κ3) is 5.40. The molecule has 1 aromatic carbocycles. The Balaban J connectivity index is 0.000000194. The van der Waals surface area contributed by atoms with Gasteiger partial charge in [-0.05, 0) is 17.7 Å². The number of aldehydes is 1. The molecule has 15 nitrogen and oxygen atoms in total. The van der Waals surface area contributed by atoms with Gasteiger partial charge in [0.15, 0.2) is 6.29 Å². The van der Waals surface area contributed by atoms with Crippen LogP contribution in [0.5, 0.6) is 5.75 Å². The molecule has 0 bridgehead atoms. The number of benzene rings is 1. The molecule has 0 amide bonds. The number of fused-ring (bicyclic) bond motifs is 2. The molecular weight excluding hydrogens is 506 g/mol. The number of carbonyl (C=O) groups excluding carboxylic acids is 1. The monoisotopic (exact) mass is 523 g/mol. The lowest BCUT2D eigenvalue weighted by molar-refractivity contribution is 0.112. The van der Waals surface area contributed by atoms with Gasteiger partial charge in [-0.3, -0.25) is 34.3 Å². The summed E-state index contributed by atoms with van der Waals surface area (Å²) in [5.74, 6) is 0.676. The number of H-pyrrole nitrogens is 4. The molecule has 194 valence electrons. The molecule has 0 saturated carbocycles. The Morgan fingerprint density at radius 2 is 1.42 bits per heavy atom. The highest BCUT2D eigenvalue weighted by Gasteiger charge is 2.11. The van der Waals surface area contributed by atoms with E-state index in [-0.39, 0.29) is 34.3 Å². The van der Waals surface area contributed by atoms with Crippen molar-refractivity contribution in [1.29, 1.82) is 0 Å². The molecular formula is C23H17N5O10. The molecule has 0 atom stereocenters. The maximum atomic E-state index is 12.0. The largest absolute Gasteiger partial charge is 0.497 e. The van der Waals surface area contributed by atoms with E-state index in [1.807, 2.05) is 17.1 Å². The zero-order valence-electron chi connectivity index (χ0n) is 19.3. The minimum absolute atomic E-state index is 0.125. The van der Waals surface area contributed by atoms with Crippen LogP contribution in [-0.2, 0) is 6.54 Å². The number of hydrogen-bond donors (Lipinski definition) is 5. The summed E-state index contributed by atoms with van der Waals surface area (Å²) in [5.41, 5.74) is -3.81. The first-order chi connectivity index (χ1) is 18.2. The Labute approximate surface area is 207 Å². The number of methoxy groups -OCH3 is 1. The van der Waals surface area contributed by atoms with Gasteiger partial charge in [0.2, 0.25) is 11.4 Å². The molecule has 0 unspecified atom stereocenters. The summed E-state index contributed by atoms with van der Waals surface area (Å²) in [6, 6.07) is 9.30. The van der Waals surface area contributed by atoms with Crippen LogP contribution in [0.15, 0.2) is 74.0 Å². The highest BCUT2D eigenvalue weighted by Crippen LogP contribution is 2.18. The van der Waals surface area contributed by atoms with E-state index in [0.717, 1.165) is 11.8 Å². The molecule has 5 rings (SSSR count).